The molecular formula is C17H26N2OS. The number of hydrogen-bond acceptors (Lipinski definition) is 3. The van der Waals surface area contributed by atoms with E-state index in [4.69, 9.17) is 5.73 Å². The van der Waals surface area contributed by atoms with E-state index in [2.05, 4.69) is 31.3 Å². The Morgan fingerprint density at radius 1 is 1.33 bits per heavy atom. The van der Waals surface area contributed by atoms with Gasteiger partial charge in [0.05, 0.1) is 5.75 Å². The van der Waals surface area contributed by atoms with Crippen LogP contribution in [0, 0.1) is 5.41 Å². The maximum Gasteiger partial charge on any atom is 0.227 e. The summed E-state index contributed by atoms with van der Waals surface area (Å²) in [7, 11) is 0. The van der Waals surface area contributed by atoms with Crippen LogP contribution < -0.4 is 11.1 Å². The highest BCUT2D eigenvalue weighted by Gasteiger charge is 2.24. The Morgan fingerprint density at radius 3 is 2.86 bits per heavy atom. The average Bonchev–Trinajstić information content (AvgIpc) is 2.59. The largest absolute Gasteiger partial charge is 0.381 e. The summed E-state index contributed by atoms with van der Waals surface area (Å²) in [5, 5.41) is 3.68. The number of carbonyl (C=O) groups is 1. The standard InChI is InChI=1S/C17H26N2OS/c1-17(2)10-5-6-13(9-11-17)19-14-7-3-4-8-15(14)21-12-16(18)20/h3-4,7-8,13,19H,5-6,9-12H2,1-2H3,(H2,18,20). The van der Waals surface area contributed by atoms with Crippen molar-refractivity contribution in [2.75, 3.05) is 11.1 Å². The number of nitrogens with two attached hydrogens (primary N) is 1. The zero-order chi connectivity index (χ0) is 15.3. The first-order valence-electron chi connectivity index (χ1n) is 7.73. The summed E-state index contributed by atoms with van der Waals surface area (Å²) < 4.78 is 0. The summed E-state index contributed by atoms with van der Waals surface area (Å²) in [6, 6.07) is 8.72. The van der Waals surface area contributed by atoms with Crippen molar-refractivity contribution in [2.24, 2.45) is 11.1 Å². The third-order valence-electron chi connectivity index (χ3n) is 4.19. The van der Waals surface area contributed by atoms with Crippen LogP contribution in [0.1, 0.15) is 46.0 Å². The lowest BCUT2D eigenvalue weighted by Crippen LogP contribution is -2.20. The molecule has 1 atom stereocenters. The molecule has 1 aromatic carbocycles. The normalized spacial score (nSPS) is 21.5. The number of anilines is 1. The molecule has 1 unspecified atom stereocenters. The molecule has 116 valence electrons. The van der Waals surface area contributed by atoms with E-state index < -0.39 is 0 Å². The predicted molar refractivity (Wildman–Crippen MR) is 90.6 cm³/mol. The van der Waals surface area contributed by atoms with Crippen molar-refractivity contribution in [2.45, 2.75) is 56.9 Å². The summed E-state index contributed by atoms with van der Waals surface area (Å²) in [6.45, 7) is 4.73. The maximum atomic E-state index is 11.0. The fourth-order valence-corrected chi connectivity index (χ4v) is 3.64. The lowest BCUT2D eigenvalue weighted by atomic mass is 9.85. The fourth-order valence-electron chi connectivity index (χ4n) is 2.89. The van der Waals surface area contributed by atoms with Gasteiger partial charge in [-0.15, -0.1) is 11.8 Å². The molecule has 21 heavy (non-hydrogen) atoms. The van der Waals surface area contributed by atoms with Crippen LogP contribution in [0.2, 0.25) is 0 Å². The number of amides is 1. The summed E-state index contributed by atoms with van der Waals surface area (Å²) in [5.74, 6) is 0.0575. The minimum Gasteiger partial charge on any atom is -0.381 e. The molecule has 1 aliphatic carbocycles. The van der Waals surface area contributed by atoms with Crippen molar-refractivity contribution in [1.82, 2.24) is 0 Å². The molecule has 1 fully saturated rings. The molecule has 3 nitrogen and oxygen atoms in total. The Bertz CT molecular complexity index is 487. The number of carbonyl (C=O) groups excluding carboxylic acids is 1. The molecule has 0 heterocycles. The SMILES string of the molecule is CC1(C)CCCC(Nc2ccccc2SCC(N)=O)CC1. The van der Waals surface area contributed by atoms with E-state index in [1.54, 1.807) is 0 Å². The van der Waals surface area contributed by atoms with Gasteiger partial charge >= 0.3 is 0 Å². The van der Waals surface area contributed by atoms with Gasteiger partial charge in [0, 0.05) is 16.6 Å². The second-order valence-corrected chi connectivity index (χ2v) is 7.70. The van der Waals surface area contributed by atoms with Crippen LogP contribution in [-0.4, -0.2) is 17.7 Å². The van der Waals surface area contributed by atoms with E-state index in [0.717, 1.165) is 10.6 Å². The van der Waals surface area contributed by atoms with Gasteiger partial charge in [0.2, 0.25) is 5.91 Å². The number of rotatable bonds is 5. The molecule has 1 aliphatic rings. The highest BCUT2D eigenvalue weighted by atomic mass is 32.2. The van der Waals surface area contributed by atoms with Gasteiger partial charge in [-0.3, -0.25) is 4.79 Å². The Hall–Kier alpha value is -1.16. The van der Waals surface area contributed by atoms with Crippen LogP contribution in [0.5, 0.6) is 0 Å². The van der Waals surface area contributed by atoms with Gasteiger partial charge in [-0.1, -0.05) is 32.4 Å². The Morgan fingerprint density at radius 2 is 2.10 bits per heavy atom. The van der Waals surface area contributed by atoms with E-state index in [9.17, 15) is 4.79 Å². The van der Waals surface area contributed by atoms with E-state index in [-0.39, 0.29) is 5.91 Å². The molecular weight excluding hydrogens is 280 g/mol. The third kappa shape index (κ3) is 5.27. The van der Waals surface area contributed by atoms with E-state index in [1.807, 2.05) is 12.1 Å². The first-order valence-corrected chi connectivity index (χ1v) is 8.71. The number of primary amides is 1. The average molecular weight is 306 g/mol. The lowest BCUT2D eigenvalue weighted by Gasteiger charge is -2.23. The van der Waals surface area contributed by atoms with Crippen LogP contribution in [0.15, 0.2) is 29.2 Å². The van der Waals surface area contributed by atoms with Crippen LogP contribution in [0.3, 0.4) is 0 Å². The number of thioether (sulfide) groups is 1. The molecule has 3 N–H and O–H groups in total. The molecule has 1 saturated carbocycles. The minimum atomic E-state index is -0.272. The lowest BCUT2D eigenvalue weighted by molar-refractivity contribution is -0.115. The molecule has 0 radical (unpaired) electrons. The maximum absolute atomic E-state index is 11.0. The van der Waals surface area contributed by atoms with Crippen molar-refractivity contribution < 1.29 is 4.79 Å². The van der Waals surface area contributed by atoms with Gasteiger partial charge in [0.25, 0.3) is 0 Å². The number of benzene rings is 1. The van der Waals surface area contributed by atoms with Gasteiger partial charge in [0.15, 0.2) is 0 Å². The monoisotopic (exact) mass is 306 g/mol. The first kappa shape index (κ1) is 16.2. The Balaban J connectivity index is 2.00. The summed E-state index contributed by atoms with van der Waals surface area (Å²) >= 11 is 1.51. The summed E-state index contributed by atoms with van der Waals surface area (Å²) in [6.07, 6.45) is 6.28. The zero-order valence-electron chi connectivity index (χ0n) is 13.0. The van der Waals surface area contributed by atoms with Gasteiger partial charge < -0.3 is 11.1 Å². The molecule has 1 aromatic rings. The van der Waals surface area contributed by atoms with E-state index >= 15 is 0 Å². The number of hydrogen-bond donors (Lipinski definition) is 2. The zero-order valence-corrected chi connectivity index (χ0v) is 13.8. The fraction of sp³-hybridized carbons (Fsp3) is 0.588. The van der Waals surface area contributed by atoms with Crippen molar-refractivity contribution in [1.29, 1.82) is 0 Å². The van der Waals surface area contributed by atoms with Crippen LogP contribution in [0.25, 0.3) is 0 Å². The topological polar surface area (TPSA) is 55.1 Å². The molecule has 1 amide bonds. The molecule has 0 aliphatic heterocycles. The highest BCUT2D eigenvalue weighted by Crippen LogP contribution is 2.35. The van der Waals surface area contributed by atoms with Gasteiger partial charge in [0.1, 0.15) is 0 Å². The minimum absolute atomic E-state index is 0.272. The quantitative estimate of drug-likeness (QED) is 0.638. The van der Waals surface area contributed by atoms with Crippen LogP contribution in [-0.2, 0) is 4.79 Å². The molecule has 0 aromatic heterocycles. The Labute approximate surface area is 132 Å². The molecule has 0 saturated heterocycles. The van der Waals surface area contributed by atoms with Gasteiger partial charge in [-0.05, 0) is 43.2 Å². The smallest absolute Gasteiger partial charge is 0.227 e. The molecule has 0 spiro atoms. The van der Waals surface area contributed by atoms with Gasteiger partial charge in [-0.2, -0.15) is 0 Å². The van der Waals surface area contributed by atoms with Crippen molar-refractivity contribution in [3.63, 3.8) is 0 Å². The van der Waals surface area contributed by atoms with E-state index in [0.29, 0.717) is 17.2 Å². The number of nitrogens with one attached hydrogen (secondary N) is 1. The Kier molecular flexibility index (Phi) is 5.57. The highest BCUT2D eigenvalue weighted by molar-refractivity contribution is 8.00. The third-order valence-corrected chi connectivity index (χ3v) is 5.29. The van der Waals surface area contributed by atoms with Crippen LogP contribution in [0.4, 0.5) is 5.69 Å². The van der Waals surface area contributed by atoms with Crippen LogP contribution >= 0.6 is 11.8 Å². The molecule has 0 bridgehead atoms. The van der Waals surface area contributed by atoms with Crippen molar-refractivity contribution in [3.05, 3.63) is 24.3 Å². The number of para-hydroxylation sites is 1. The molecule has 2 rings (SSSR count). The first-order chi connectivity index (χ1) is 9.96. The van der Waals surface area contributed by atoms with Crippen molar-refractivity contribution in [3.8, 4) is 0 Å². The van der Waals surface area contributed by atoms with Gasteiger partial charge in [-0.25, -0.2) is 0 Å². The summed E-state index contributed by atoms with van der Waals surface area (Å²) in [5.41, 5.74) is 6.85. The second-order valence-electron chi connectivity index (χ2n) is 6.69. The molecule has 4 heteroatoms. The van der Waals surface area contributed by atoms with E-state index in [1.165, 1.54) is 43.9 Å². The predicted octanol–water partition coefficient (Wildman–Crippen LogP) is 4.03. The second kappa shape index (κ2) is 7.21. The summed E-state index contributed by atoms with van der Waals surface area (Å²) in [4.78, 5) is 12.1. The van der Waals surface area contributed by atoms with Crippen molar-refractivity contribution >= 4 is 23.4 Å².